The second-order valence-electron chi connectivity index (χ2n) is 6.66. The molecule has 0 spiro atoms. The van der Waals surface area contributed by atoms with Crippen LogP contribution in [0.1, 0.15) is 46.2 Å². The summed E-state index contributed by atoms with van der Waals surface area (Å²) in [5.41, 5.74) is 3.60. The van der Waals surface area contributed by atoms with Gasteiger partial charge in [-0.1, -0.05) is 24.3 Å². The maximum atomic E-state index is 12.5. The molecule has 2 N–H and O–H groups in total. The Bertz CT molecular complexity index is 833. The van der Waals surface area contributed by atoms with Gasteiger partial charge in [-0.25, -0.2) is 9.78 Å². The fraction of sp³-hybridized carbons (Fsp3) is 0.421. The number of carbonyl (C=O) groups excluding carboxylic acids is 1. The largest absolute Gasteiger partial charge is 0.490 e. The Balaban J connectivity index is 0.000000345. The van der Waals surface area contributed by atoms with E-state index in [4.69, 9.17) is 9.90 Å². The van der Waals surface area contributed by atoms with Crippen LogP contribution in [-0.2, 0) is 4.79 Å². The van der Waals surface area contributed by atoms with E-state index < -0.39 is 12.1 Å². The first kappa shape index (κ1) is 21.5. The van der Waals surface area contributed by atoms with E-state index in [9.17, 15) is 18.0 Å². The van der Waals surface area contributed by atoms with E-state index in [0.717, 1.165) is 31.6 Å². The lowest BCUT2D eigenvalue weighted by molar-refractivity contribution is -0.192. The molecular formula is C19H22F3N3O3. The number of piperidine rings is 1. The number of aromatic nitrogens is 2. The van der Waals surface area contributed by atoms with Crippen molar-refractivity contribution in [2.24, 2.45) is 0 Å². The molecule has 0 aliphatic carbocycles. The number of rotatable bonds is 2. The molecular weight excluding hydrogens is 375 g/mol. The standard InChI is InChI=1S/C17H21N3O.C2HF3O2/c1-12-6-3-4-8-15(12)14-7-5-9-20(11-14)17(21)16-18-10-13(2)19-16;3-2(4,5)1(6)7/h3-4,6,8,10,14H,5,7,9,11H2,1-2H3,(H,18,19);(H,6,7). The van der Waals surface area contributed by atoms with E-state index in [-0.39, 0.29) is 5.91 Å². The second kappa shape index (κ2) is 8.90. The Labute approximate surface area is 160 Å². The molecule has 3 rings (SSSR count). The van der Waals surface area contributed by atoms with Crippen LogP contribution in [0.4, 0.5) is 13.2 Å². The number of benzene rings is 1. The van der Waals surface area contributed by atoms with Gasteiger partial charge in [0.2, 0.25) is 0 Å². The summed E-state index contributed by atoms with van der Waals surface area (Å²) in [7, 11) is 0. The number of hydrogen-bond acceptors (Lipinski definition) is 3. The van der Waals surface area contributed by atoms with Gasteiger partial charge in [0.25, 0.3) is 5.91 Å². The van der Waals surface area contributed by atoms with E-state index in [0.29, 0.717) is 11.7 Å². The quantitative estimate of drug-likeness (QED) is 0.809. The monoisotopic (exact) mass is 397 g/mol. The molecule has 2 aromatic rings. The number of aryl methyl sites for hydroxylation is 2. The maximum Gasteiger partial charge on any atom is 0.490 e. The predicted molar refractivity (Wildman–Crippen MR) is 96.1 cm³/mol. The van der Waals surface area contributed by atoms with Crippen molar-refractivity contribution < 1.29 is 27.9 Å². The van der Waals surface area contributed by atoms with Gasteiger partial charge in [-0.15, -0.1) is 0 Å². The molecule has 6 nitrogen and oxygen atoms in total. The Hall–Kier alpha value is -2.84. The number of hydrogen-bond donors (Lipinski definition) is 2. The number of carboxylic acids is 1. The number of halogens is 3. The Morgan fingerprint density at radius 2 is 1.89 bits per heavy atom. The molecule has 152 valence electrons. The Kier molecular flexibility index (Phi) is 6.82. The number of H-pyrrole nitrogens is 1. The number of alkyl halides is 3. The van der Waals surface area contributed by atoms with Gasteiger partial charge in [0.1, 0.15) is 0 Å². The fourth-order valence-electron chi connectivity index (χ4n) is 3.13. The van der Waals surface area contributed by atoms with Crippen molar-refractivity contribution in [3.63, 3.8) is 0 Å². The normalized spacial score (nSPS) is 16.9. The van der Waals surface area contributed by atoms with Crippen LogP contribution in [0.25, 0.3) is 0 Å². The van der Waals surface area contributed by atoms with Crippen molar-refractivity contribution in [3.8, 4) is 0 Å². The zero-order chi connectivity index (χ0) is 20.9. The number of likely N-dealkylation sites (tertiary alicyclic amines) is 1. The van der Waals surface area contributed by atoms with Crippen LogP contribution in [0.5, 0.6) is 0 Å². The summed E-state index contributed by atoms with van der Waals surface area (Å²) in [4.78, 5) is 30.5. The highest BCUT2D eigenvalue weighted by Crippen LogP contribution is 2.29. The molecule has 0 bridgehead atoms. The van der Waals surface area contributed by atoms with Gasteiger partial charge in [0.05, 0.1) is 0 Å². The van der Waals surface area contributed by atoms with Crippen LogP contribution in [0.15, 0.2) is 30.5 Å². The Morgan fingerprint density at radius 1 is 1.25 bits per heavy atom. The third-order valence-corrected chi connectivity index (χ3v) is 4.48. The number of amides is 1. The summed E-state index contributed by atoms with van der Waals surface area (Å²) in [5.74, 6) is -1.85. The van der Waals surface area contributed by atoms with Crippen LogP contribution >= 0.6 is 0 Å². The first-order valence-corrected chi connectivity index (χ1v) is 8.76. The van der Waals surface area contributed by atoms with Crippen molar-refractivity contribution in [3.05, 3.63) is 53.1 Å². The molecule has 28 heavy (non-hydrogen) atoms. The number of nitrogens with one attached hydrogen (secondary N) is 1. The highest BCUT2D eigenvalue weighted by atomic mass is 19.4. The fourth-order valence-corrected chi connectivity index (χ4v) is 3.13. The molecule has 1 atom stereocenters. The summed E-state index contributed by atoms with van der Waals surface area (Å²) >= 11 is 0. The molecule has 9 heteroatoms. The second-order valence-corrected chi connectivity index (χ2v) is 6.66. The highest BCUT2D eigenvalue weighted by molar-refractivity contribution is 5.90. The van der Waals surface area contributed by atoms with Gasteiger partial charge in [0.15, 0.2) is 5.82 Å². The van der Waals surface area contributed by atoms with E-state index in [1.165, 1.54) is 11.1 Å². The molecule has 1 aliphatic rings. The summed E-state index contributed by atoms with van der Waals surface area (Å²) in [6, 6.07) is 8.48. The molecule has 1 aromatic carbocycles. The van der Waals surface area contributed by atoms with Gasteiger partial charge < -0.3 is 15.0 Å². The lowest BCUT2D eigenvalue weighted by Gasteiger charge is -2.33. The lowest BCUT2D eigenvalue weighted by atomic mass is 9.88. The van der Waals surface area contributed by atoms with Crippen LogP contribution in [0, 0.1) is 13.8 Å². The molecule has 1 saturated heterocycles. The van der Waals surface area contributed by atoms with Crippen LogP contribution in [0.2, 0.25) is 0 Å². The van der Waals surface area contributed by atoms with Crippen molar-refractivity contribution in [1.29, 1.82) is 0 Å². The lowest BCUT2D eigenvalue weighted by Crippen LogP contribution is -2.39. The molecule has 1 amide bonds. The van der Waals surface area contributed by atoms with Crippen molar-refractivity contribution >= 4 is 11.9 Å². The summed E-state index contributed by atoms with van der Waals surface area (Å²) in [6.07, 6.45) is -1.19. The zero-order valence-electron chi connectivity index (χ0n) is 15.6. The number of imidazole rings is 1. The summed E-state index contributed by atoms with van der Waals surface area (Å²) < 4.78 is 31.7. The molecule has 1 fully saturated rings. The minimum absolute atomic E-state index is 0.0152. The predicted octanol–water partition coefficient (Wildman–Crippen LogP) is 3.68. The van der Waals surface area contributed by atoms with Gasteiger partial charge in [-0.05, 0) is 37.8 Å². The maximum absolute atomic E-state index is 12.5. The average molecular weight is 397 g/mol. The van der Waals surface area contributed by atoms with Crippen LogP contribution < -0.4 is 0 Å². The molecule has 0 radical (unpaired) electrons. The smallest absolute Gasteiger partial charge is 0.475 e. The van der Waals surface area contributed by atoms with E-state index in [1.54, 1.807) is 6.20 Å². The van der Waals surface area contributed by atoms with Crippen molar-refractivity contribution in [1.82, 2.24) is 14.9 Å². The zero-order valence-corrected chi connectivity index (χ0v) is 15.6. The highest BCUT2D eigenvalue weighted by Gasteiger charge is 2.38. The molecule has 1 aromatic heterocycles. The number of aromatic amines is 1. The number of aliphatic carboxylic acids is 1. The molecule has 1 unspecified atom stereocenters. The number of carbonyl (C=O) groups is 2. The molecule has 1 aliphatic heterocycles. The van der Waals surface area contributed by atoms with E-state index in [1.807, 2.05) is 11.8 Å². The van der Waals surface area contributed by atoms with Gasteiger partial charge in [0, 0.05) is 30.9 Å². The average Bonchev–Trinajstić information content (AvgIpc) is 3.08. The van der Waals surface area contributed by atoms with E-state index >= 15 is 0 Å². The minimum Gasteiger partial charge on any atom is -0.475 e. The first-order valence-electron chi connectivity index (χ1n) is 8.76. The van der Waals surface area contributed by atoms with Gasteiger partial charge >= 0.3 is 12.1 Å². The van der Waals surface area contributed by atoms with Crippen LogP contribution in [0.3, 0.4) is 0 Å². The summed E-state index contributed by atoms with van der Waals surface area (Å²) in [6.45, 7) is 5.66. The van der Waals surface area contributed by atoms with Crippen molar-refractivity contribution in [2.45, 2.75) is 38.8 Å². The van der Waals surface area contributed by atoms with E-state index in [2.05, 4.69) is 41.2 Å². The minimum atomic E-state index is -5.08. The topological polar surface area (TPSA) is 86.3 Å². The van der Waals surface area contributed by atoms with Gasteiger partial charge in [-0.3, -0.25) is 4.79 Å². The van der Waals surface area contributed by atoms with Crippen molar-refractivity contribution in [2.75, 3.05) is 13.1 Å². The third kappa shape index (κ3) is 5.58. The Morgan fingerprint density at radius 3 is 2.43 bits per heavy atom. The molecule has 0 saturated carbocycles. The SMILES string of the molecule is Cc1cnc(C(=O)N2CCCC(c3ccccc3C)C2)[nH]1.O=C(O)C(F)(F)F. The van der Waals surface area contributed by atoms with Gasteiger partial charge in [-0.2, -0.15) is 13.2 Å². The first-order chi connectivity index (χ1) is 13.1. The van der Waals surface area contributed by atoms with Crippen LogP contribution in [-0.4, -0.2) is 51.1 Å². The number of carboxylic acid groups (broad SMARTS) is 1. The molecule has 2 heterocycles. The third-order valence-electron chi connectivity index (χ3n) is 4.48. The summed E-state index contributed by atoms with van der Waals surface area (Å²) in [5, 5.41) is 7.12. The number of nitrogens with zero attached hydrogens (tertiary/aromatic N) is 2.